The Bertz CT molecular complexity index is 1140. The van der Waals surface area contributed by atoms with Crippen LogP contribution in [0.4, 0.5) is 5.69 Å². The molecular formula is C20H17ClN6OS. The minimum absolute atomic E-state index is 0.169. The van der Waals surface area contributed by atoms with Gasteiger partial charge in [0.25, 0.3) is 0 Å². The molecule has 7 nitrogen and oxygen atoms in total. The molecule has 29 heavy (non-hydrogen) atoms. The lowest BCUT2D eigenvalue weighted by atomic mass is 10.2. The van der Waals surface area contributed by atoms with Crippen molar-refractivity contribution in [1.82, 2.24) is 24.3 Å². The molecule has 2 aromatic heterocycles. The molecule has 2 heterocycles. The van der Waals surface area contributed by atoms with Crippen LogP contribution in [-0.2, 0) is 4.79 Å². The van der Waals surface area contributed by atoms with Gasteiger partial charge in [-0.2, -0.15) is 5.10 Å². The topological polar surface area (TPSA) is 77.6 Å². The van der Waals surface area contributed by atoms with E-state index in [1.807, 2.05) is 35.9 Å². The van der Waals surface area contributed by atoms with E-state index in [1.54, 1.807) is 35.4 Å². The van der Waals surface area contributed by atoms with Crippen molar-refractivity contribution in [3.63, 3.8) is 0 Å². The minimum Gasteiger partial charge on any atom is -0.323 e. The smallest absolute Gasteiger partial charge is 0.234 e. The number of anilines is 1. The van der Waals surface area contributed by atoms with Gasteiger partial charge in [-0.05, 0) is 42.8 Å². The van der Waals surface area contributed by atoms with Crippen molar-refractivity contribution in [1.29, 1.82) is 0 Å². The zero-order chi connectivity index (χ0) is 20.2. The molecule has 0 aliphatic heterocycles. The Morgan fingerprint density at radius 2 is 2.14 bits per heavy atom. The van der Waals surface area contributed by atoms with Gasteiger partial charge in [0.15, 0.2) is 5.16 Å². The number of nitrogens with zero attached hydrogens (tertiary/aromatic N) is 5. The summed E-state index contributed by atoms with van der Waals surface area (Å²) in [5.41, 5.74) is 3.42. The number of benzene rings is 2. The second-order valence-electron chi connectivity index (χ2n) is 6.26. The molecule has 0 saturated heterocycles. The zero-order valence-electron chi connectivity index (χ0n) is 15.5. The van der Waals surface area contributed by atoms with Crippen molar-refractivity contribution in [2.45, 2.75) is 12.1 Å². The van der Waals surface area contributed by atoms with E-state index in [0.29, 0.717) is 16.4 Å². The van der Waals surface area contributed by atoms with E-state index in [2.05, 4.69) is 26.4 Å². The SMILES string of the molecule is Cc1cccc(-n2ccnc2SCC(=O)Nc2cc(Cl)ccc2-n2cncn2)c1. The van der Waals surface area contributed by atoms with Crippen molar-refractivity contribution < 1.29 is 4.79 Å². The average Bonchev–Trinajstić information content (AvgIpc) is 3.38. The van der Waals surface area contributed by atoms with Crippen molar-refractivity contribution in [3.05, 3.63) is 78.1 Å². The normalized spacial score (nSPS) is 10.8. The molecule has 0 spiro atoms. The lowest BCUT2D eigenvalue weighted by molar-refractivity contribution is -0.113. The summed E-state index contributed by atoms with van der Waals surface area (Å²) < 4.78 is 3.54. The Morgan fingerprint density at radius 1 is 1.24 bits per heavy atom. The second kappa shape index (κ2) is 8.50. The number of aromatic nitrogens is 5. The van der Waals surface area contributed by atoms with E-state index in [9.17, 15) is 4.79 Å². The Labute approximate surface area is 176 Å². The highest BCUT2D eigenvalue weighted by molar-refractivity contribution is 7.99. The third-order valence-electron chi connectivity index (χ3n) is 4.12. The Kier molecular flexibility index (Phi) is 5.64. The standard InChI is InChI=1S/C20H17ClN6OS/c1-14-3-2-4-16(9-14)26-8-7-23-20(26)29-11-19(28)25-17-10-15(21)5-6-18(17)27-13-22-12-24-27/h2-10,12-13H,11H2,1H3,(H,25,28). The quantitative estimate of drug-likeness (QED) is 0.470. The fraction of sp³-hybridized carbons (Fsp3) is 0.100. The molecule has 4 aromatic rings. The van der Waals surface area contributed by atoms with Crippen molar-refractivity contribution >= 4 is 35.0 Å². The van der Waals surface area contributed by atoms with Gasteiger partial charge < -0.3 is 5.32 Å². The summed E-state index contributed by atoms with van der Waals surface area (Å²) in [4.78, 5) is 20.9. The van der Waals surface area contributed by atoms with Gasteiger partial charge in [0.1, 0.15) is 12.7 Å². The molecule has 0 saturated carbocycles. The van der Waals surface area contributed by atoms with Crippen LogP contribution in [0.2, 0.25) is 5.02 Å². The van der Waals surface area contributed by atoms with Gasteiger partial charge in [-0.3, -0.25) is 9.36 Å². The Morgan fingerprint density at radius 3 is 2.93 bits per heavy atom. The molecule has 0 aliphatic carbocycles. The highest BCUT2D eigenvalue weighted by Crippen LogP contribution is 2.25. The van der Waals surface area contributed by atoms with E-state index >= 15 is 0 Å². The lowest BCUT2D eigenvalue weighted by Gasteiger charge is -2.12. The van der Waals surface area contributed by atoms with E-state index in [-0.39, 0.29) is 11.7 Å². The molecule has 0 fully saturated rings. The van der Waals surface area contributed by atoms with Gasteiger partial charge in [-0.25, -0.2) is 14.6 Å². The van der Waals surface area contributed by atoms with Crippen molar-refractivity contribution in [2.24, 2.45) is 0 Å². The van der Waals surface area contributed by atoms with Crippen LogP contribution in [0, 0.1) is 6.92 Å². The first kappa shape index (κ1) is 19.2. The largest absolute Gasteiger partial charge is 0.323 e. The van der Waals surface area contributed by atoms with Crippen LogP contribution < -0.4 is 5.32 Å². The summed E-state index contributed by atoms with van der Waals surface area (Å²) in [5, 5.41) is 8.28. The number of carbonyl (C=O) groups is 1. The Hall–Kier alpha value is -3.10. The van der Waals surface area contributed by atoms with Crippen LogP contribution >= 0.6 is 23.4 Å². The van der Waals surface area contributed by atoms with E-state index < -0.39 is 0 Å². The van der Waals surface area contributed by atoms with Gasteiger partial charge in [0.2, 0.25) is 5.91 Å². The van der Waals surface area contributed by atoms with E-state index in [0.717, 1.165) is 16.4 Å². The van der Waals surface area contributed by atoms with Crippen LogP contribution in [0.1, 0.15) is 5.56 Å². The number of aryl methyl sites for hydroxylation is 1. The molecule has 1 N–H and O–H groups in total. The lowest BCUT2D eigenvalue weighted by Crippen LogP contribution is -2.16. The van der Waals surface area contributed by atoms with Gasteiger partial charge in [0.05, 0.1) is 17.1 Å². The third-order valence-corrected chi connectivity index (χ3v) is 5.32. The van der Waals surface area contributed by atoms with Crippen molar-refractivity contribution in [3.8, 4) is 11.4 Å². The molecule has 1 amide bonds. The monoisotopic (exact) mass is 424 g/mol. The number of rotatable bonds is 6. The predicted molar refractivity (Wildman–Crippen MR) is 114 cm³/mol. The molecule has 0 aliphatic rings. The number of amides is 1. The van der Waals surface area contributed by atoms with Crippen LogP contribution in [-0.4, -0.2) is 36.0 Å². The maximum atomic E-state index is 12.6. The zero-order valence-corrected chi connectivity index (χ0v) is 17.1. The van der Waals surface area contributed by atoms with Gasteiger partial charge in [-0.15, -0.1) is 0 Å². The van der Waals surface area contributed by atoms with Crippen LogP contribution in [0.25, 0.3) is 11.4 Å². The summed E-state index contributed by atoms with van der Waals surface area (Å²) in [5.74, 6) is 0.0315. The first-order valence-corrected chi connectivity index (χ1v) is 10.1. The molecule has 0 radical (unpaired) electrons. The van der Waals surface area contributed by atoms with E-state index in [4.69, 9.17) is 11.6 Å². The fourth-order valence-corrected chi connectivity index (χ4v) is 3.77. The first-order valence-electron chi connectivity index (χ1n) is 8.78. The number of hydrogen-bond acceptors (Lipinski definition) is 5. The summed E-state index contributed by atoms with van der Waals surface area (Å²) in [7, 11) is 0. The number of carbonyl (C=O) groups excluding carboxylic acids is 1. The number of imidazole rings is 1. The molecule has 9 heteroatoms. The third kappa shape index (κ3) is 4.49. The summed E-state index contributed by atoms with van der Waals surface area (Å²) in [6, 6.07) is 13.3. The average molecular weight is 425 g/mol. The van der Waals surface area contributed by atoms with Gasteiger partial charge in [0, 0.05) is 23.1 Å². The van der Waals surface area contributed by atoms with Crippen molar-refractivity contribution in [2.75, 3.05) is 11.1 Å². The molecule has 0 bridgehead atoms. The summed E-state index contributed by atoms with van der Waals surface area (Å²) >= 11 is 7.47. The highest BCUT2D eigenvalue weighted by atomic mass is 35.5. The predicted octanol–water partition coefficient (Wildman–Crippen LogP) is 4.15. The maximum Gasteiger partial charge on any atom is 0.234 e. The molecule has 0 atom stereocenters. The maximum absolute atomic E-state index is 12.6. The summed E-state index contributed by atoms with van der Waals surface area (Å²) in [6.45, 7) is 2.04. The fourth-order valence-electron chi connectivity index (χ4n) is 2.83. The molecule has 0 unspecified atom stereocenters. The number of hydrogen-bond donors (Lipinski definition) is 1. The van der Waals surface area contributed by atoms with Crippen LogP contribution in [0.15, 0.2) is 72.7 Å². The van der Waals surface area contributed by atoms with Gasteiger partial charge >= 0.3 is 0 Å². The number of thioether (sulfide) groups is 1. The first-order chi connectivity index (χ1) is 14.1. The van der Waals surface area contributed by atoms with Crippen LogP contribution in [0.5, 0.6) is 0 Å². The molecule has 146 valence electrons. The summed E-state index contributed by atoms with van der Waals surface area (Å²) in [6.07, 6.45) is 6.60. The van der Waals surface area contributed by atoms with Crippen LogP contribution in [0.3, 0.4) is 0 Å². The Balaban J connectivity index is 1.47. The molecule has 2 aromatic carbocycles. The highest BCUT2D eigenvalue weighted by Gasteiger charge is 2.13. The van der Waals surface area contributed by atoms with E-state index in [1.165, 1.54) is 18.1 Å². The van der Waals surface area contributed by atoms with Gasteiger partial charge in [-0.1, -0.05) is 35.5 Å². The minimum atomic E-state index is -0.169. The number of nitrogens with one attached hydrogen (secondary N) is 1. The second-order valence-corrected chi connectivity index (χ2v) is 7.64. The molecular weight excluding hydrogens is 408 g/mol. The molecule has 4 rings (SSSR count). The number of halogens is 1.